The second-order valence-electron chi connectivity index (χ2n) is 8.45. The molecule has 0 spiro atoms. The van der Waals surface area contributed by atoms with Crippen LogP contribution in [0.4, 0.5) is 11.4 Å². The van der Waals surface area contributed by atoms with Gasteiger partial charge in [0.25, 0.3) is 0 Å². The van der Waals surface area contributed by atoms with Crippen LogP contribution in [0.5, 0.6) is 0 Å². The van der Waals surface area contributed by atoms with Crippen LogP contribution in [0.3, 0.4) is 0 Å². The Kier molecular flexibility index (Phi) is 4.14. The van der Waals surface area contributed by atoms with Crippen molar-refractivity contribution >= 4 is 28.8 Å². The zero-order valence-electron chi connectivity index (χ0n) is 16.5. The number of nitrogens with zero attached hydrogens (tertiary/aromatic N) is 1. The van der Waals surface area contributed by atoms with Crippen molar-refractivity contribution in [1.82, 2.24) is 0 Å². The molecule has 144 valence electrons. The van der Waals surface area contributed by atoms with Crippen molar-refractivity contribution in [2.24, 2.45) is 21.3 Å². The first-order chi connectivity index (χ1) is 13.3. The third kappa shape index (κ3) is 2.35. The highest BCUT2D eigenvalue weighted by atomic mass is 16.2. The summed E-state index contributed by atoms with van der Waals surface area (Å²) in [4.78, 5) is 26.9. The van der Waals surface area contributed by atoms with Crippen LogP contribution in [-0.2, 0) is 9.59 Å². The average Bonchev–Trinajstić information content (AvgIpc) is 2.97. The molecule has 28 heavy (non-hydrogen) atoms. The topological polar surface area (TPSA) is 70.6 Å². The number of ketones is 1. The summed E-state index contributed by atoms with van der Waals surface area (Å²) in [7, 11) is 0. The number of hydrazone groups is 1. The Morgan fingerprint density at radius 2 is 1.46 bits per heavy atom. The van der Waals surface area contributed by atoms with E-state index < -0.39 is 16.2 Å². The fraction of sp³-hybridized carbons (Fsp3) is 0.348. The quantitative estimate of drug-likeness (QED) is 0.611. The van der Waals surface area contributed by atoms with E-state index in [0.717, 1.165) is 12.1 Å². The van der Waals surface area contributed by atoms with Gasteiger partial charge in [0.15, 0.2) is 5.78 Å². The Bertz CT molecular complexity index is 952. The first-order valence-electron chi connectivity index (χ1n) is 9.63. The van der Waals surface area contributed by atoms with Crippen LogP contribution < -0.4 is 10.7 Å². The number of benzene rings is 2. The van der Waals surface area contributed by atoms with Crippen molar-refractivity contribution in [3.8, 4) is 0 Å². The number of Topliss-reactive ketones (excluding diaryl/α,β-unsaturated/α-hetero) is 1. The maximum absolute atomic E-state index is 13.5. The highest BCUT2D eigenvalue weighted by Crippen LogP contribution is 2.69. The van der Waals surface area contributed by atoms with E-state index in [0.29, 0.717) is 17.8 Å². The molecule has 2 aliphatic carbocycles. The van der Waals surface area contributed by atoms with Gasteiger partial charge in [-0.3, -0.25) is 15.0 Å². The number of carbonyl (C=O) groups is 2. The summed E-state index contributed by atoms with van der Waals surface area (Å²) in [5.74, 6) is -0.398. The fourth-order valence-electron chi connectivity index (χ4n) is 4.86. The number of anilines is 2. The highest BCUT2D eigenvalue weighted by Gasteiger charge is 2.76. The molecule has 5 heteroatoms. The van der Waals surface area contributed by atoms with Gasteiger partial charge >= 0.3 is 0 Å². The SMILES string of the molecule is CC12CCC(C(=O)Nc3ccccc3)(C(=O)/C1=N\Nc1ccccc1)C2(C)C. The zero-order chi connectivity index (χ0) is 20.0. The lowest BCUT2D eigenvalue weighted by Gasteiger charge is -2.37. The number of hydrogen-bond acceptors (Lipinski definition) is 4. The lowest BCUT2D eigenvalue weighted by molar-refractivity contribution is -0.139. The molecule has 2 aliphatic rings. The molecule has 0 aromatic heterocycles. The van der Waals surface area contributed by atoms with Crippen LogP contribution in [0.25, 0.3) is 0 Å². The van der Waals surface area contributed by atoms with E-state index in [1.165, 1.54) is 0 Å². The molecule has 2 fully saturated rings. The number of amides is 1. The van der Waals surface area contributed by atoms with Crippen LogP contribution in [0, 0.1) is 16.2 Å². The molecule has 2 bridgehead atoms. The van der Waals surface area contributed by atoms with Gasteiger partial charge < -0.3 is 5.32 Å². The Balaban J connectivity index is 1.70. The minimum atomic E-state index is -1.10. The molecule has 0 saturated heterocycles. The normalized spacial score (nSPS) is 29.1. The van der Waals surface area contributed by atoms with Crippen molar-refractivity contribution < 1.29 is 9.59 Å². The summed E-state index contributed by atoms with van der Waals surface area (Å²) in [6, 6.07) is 18.8. The standard InChI is InChI=1S/C23H25N3O2/c1-21(2)22(3)14-15-23(21,20(28)24-16-10-6-4-7-11-16)19(27)18(22)26-25-17-12-8-5-9-13-17/h4-13,25H,14-15H2,1-3H3,(H,24,28)/b26-18+. The molecule has 2 saturated carbocycles. The highest BCUT2D eigenvalue weighted by molar-refractivity contribution is 6.51. The minimum absolute atomic E-state index is 0.164. The van der Waals surface area contributed by atoms with Crippen LogP contribution in [0.15, 0.2) is 65.8 Å². The molecule has 2 atom stereocenters. The van der Waals surface area contributed by atoms with Gasteiger partial charge in [-0.15, -0.1) is 0 Å². The van der Waals surface area contributed by atoms with Gasteiger partial charge in [0.1, 0.15) is 11.1 Å². The van der Waals surface area contributed by atoms with Crippen molar-refractivity contribution in [3.63, 3.8) is 0 Å². The smallest absolute Gasteiger partial charge is 0.239 e. The van der Waals surface area contributed by atoms with Crippen molar-refractivity contribution in [2.75, 3.05) is 10.7 Å². The third-order valence-electron chi connectivity index (χ3n) is 7.06. The molecule has 2 aromatic carbocycles. The number of rotatable bonds is 4. The van der Waals surface area contributed by atoms with Gasteiger partial charge in [0.05, 0.1) is 5.69 Å². The summed E-state index contributed by atoms with van der Waals surface area (Å²) in [6.07, 6.45) is 1.29. The molecule has 1 amide bonds. The lowest BCUT2D eigenvalue weighted by atomic mass is 9.64. The summed E-state index contributed by atoms with van der Waals surface area (Å²) < 4.78 is 0. The van der Waals surface area contributed by atoms with Crippen molar-refractivity contribution in [3.05, 3.63) is 60.7 Å². The Labute approximate surface area is 165 Å². The van der Waals surface area contributed by atoms with E-state index in [1.807, 2.05) is 74.5 Å². The van der Waals surface area contributed by atoms with Gasteiger partial charge in [-0.2, -0.15) is 5.10 Å². The molecule has 0 radical (unpaired) electrons. The predicted octanol–water partition coefficient (Wildman–Crippen LogP) is 4.49. The number of hydrogen-bond donors (Lipinski definition) is 2. The first kappa shape index (κ1) is 18.4. The Hall–Kier alpha value is -2.95. The average molecular weight is 375 g/mol. The van der Waals surface area contributed by atoms with E-state index in [1.54, 1.807) is 0 Å². The monoisotopic (exact) mass is 375 g/mol. The van der Waals surface area contributed by atoms with E-state index in [4.69, 9.17) is 0 Å². The van der Waals surface area contributed by atoms with E-state index in [-0.39, 0.29) is 11.7 Å². The molecule has 5 nitrogen and oxygen atoms in total. The Morgan fingerprint density at radius 1 is 0.893 bits per heavy atom. The number of para-hydroxylation sites is 2. The fourth-order valence-corrected chi connectivity index (χ4v) is 4.86. The third-order valence-corrected chi connectivity index (χ3v) is 7.06. The summed E-state index contributed by atoms with van der Waals surface area (Å²) in [6.45, 7) is 6.10. The summed E-state index contributed by atoms with van der Waals surface area (Å²) in [5.41, 5.74) is 2.89. The van der Waals surface area contributed by atoms with Crippen LogP contribution in [-0.4, -0.2) is 17.4 Å². The number of carbonyl (C=O) groups excluding carboxylic acids is 2. The molecular weight excluding hydrogens is 350 g/mol. The van der Waals surface area contributed by atoms with Gasteiger partial charge in [-0.1, -0.05) is 57.2 Å². The molecule has 2 unspecified atom stereocenters. The lowest BCUT2D eigenvalue weighted by Crippen LogP contribution is -2.47. The maximum atomic E-state index is 13.5. The van der Waals surface area contributed by atoms with Crippen molar-refractivity contribution in [2.45, 2.75) is 33.6 Å². The Morgan fingerprint density at radius 3 is 2.07 bits per heavy atom. The van der Waals surface area contributed by atoms with Crippen LogP contribution in [0.2, 0.25) is 0 Å². The number of fused-ring (bicyclic) bond motifs is 2. The van der Waals surface area contributed by atoms with E-state index in [2.05, 4.69) is 22.8 Å². The summed E-state index contributed by atoms with van der Waals surface area (Å²) >= 11 is 0. The van der Waals surface area contributed by atoms with Crippen molar-refractivity contribution in [1.29, 1.82) is 0 Å². The van der Waals surface area contributed by atoms with Gasteiger partial charge in [-0.25, -0.2) is 0 Å². The number of nitrogens with one attached hydrogen (secondary N) is 2. The largest absolute Gasteiger partial charge is 0.325 e. The van der Waals surface area contributed by atoms with Gasteiger partial charge in [0.2, 0.25) is 5.91 Å². The molecule has 2 aromatic rings. The predicted molar refractivity (Wildman–Crippen MR) is 111 cm³/mol. The van der Waals surface area contributed by atoms with E-state index in [9.17, 15) is 9.59 Å². The molecule has 0 heterocycles. The molecule has 0 aliphatic heterocycles. The molecule has 4 rings (SSSR count). The van der Waals surface area contributed by atoms with Gasteiger partial charge in [-0.05, 0) is 42.5 Å². The van der Waals surface area contributed by atoms with Crippen LogP contribution >= 0.6 is 0 Å². The second kappa shape index (κ2) is 6.30. The molecule has 2 N–H and O–H groups in total. The van der Waals surface area contributed by atoms with Crippen LogP contribution in [0.1, 0.15) is 33.6 Å². The maximum Gasteiger partial charge on any atom is 0.239 e. The second-order valence-corrected chi connectivity index (χ2v) is 8.45. The zero-order valence-corrected chi connectivity index (χ0v) is 16.5. The molecular formula is C23H25N3O2. The first-order valence-corrected chi connectivity index (χ1v) is 9.63. The summed E-state index contributed by atoms with van der Waals surface area (Å²) in [5, 5.41) is 7.46. The van der Waals surface area contributed by atoms with Gasteiger partial charge in [0, 0.05) is 11.1 Å². The van der Waals surface area contributed by atoms with E-state index >= 15 is 0 Å². The minimum Gasteiger partial charge on any atom is -0.325 e.